The van der Waals surface area contributed by atoms with Crippen LogP contribution < -0.4 is 4.90 Å². The summed E-state index contributed by atoms with van der Waals surface area (Å²) in [6.07, 6.45) is 1.56. The maximum atomic E-state index is 12.3. The monoisotopic (exact) mass is 420 g/mol. The summed E-state index contributed by atoms with van der Waals surface area (Å²) >= 11 is 0. The Balaban J connectivity index is 1.54. The van der Waals surface area contributed by atoms with E-state index >= 15 is 0 Å². The van der Waals surface area contributed by atoms with Crippen molar-refractivity contribution < 1.29 is 15.0 Å². The van der Waals surface area contributed by atoms with Crippen LogP contribution >= 0.6 is 0 Å². The quantitative estimate of drug-likeness (QED) is 0.637. The Kier molecular flexibility index (Phi) is 5.78. The third-order valence-corrected chi connectivity index (χ3v) is 6.14. The Bertz CT molecular complexity index is 1050. The van der Waals surface area contributed by atoms with Gasteiger partial charge in [-0.15, -0.1) is 0 Å². The molecular formula is C24H28N4O3. The summed E-state index contributed by atoms with van der Waals surface area (Å²) in [4.78, 5) is 18.9. The van der Waals surface area contributed by atoms with Crippen molar-refractivity contribution in [2.24, 2.45) is 5.41 Å². The number of carboxylic acid groups (broad SMARTS) is 1. The van der Waals surface area contributed by atoms with Crippen molar-refractivity contribution >= 4 is 11.8 Å². The number of hydrogen-bond donors (Lipinski definition) is 2. The highest BCUT2D eigenvalue weighted by atomic mass is 16.4. The Hall–Kier alpha value is -3.19. The number of hydrogen-bond acceptors (Lipinski definition) is 5. The molecule has 2 aromatic heterocycles. The number of aliphatic hydroxyl groups is 1. The van der Waals surface area contributed by atoms with Gasteiger partial charge in [0.25, 0.3) is 0 Å². The average Bonchev–Trinajstić information content (AvgIpc) is 3.07. The van der Waals surface area contributed by atoms with Crippen LogP contribution in [0.15, 0.2) is 54.7 Å². The first-order chi connectivity index (χ1) is 14.9. The summed E-state index contributed by atoms with van der Waals surface area (Å²) in [6.45, 7) is 5.41. The molecule has 1 saturated heterocycles. The fraction of sp³-hybridized carbons (Fsp3) is 0.375. The predicted molar refractivity (Wildman–Crippen MR) is 118 cm³/mol. The third-order valence-electron chi connectivity index (χ3n) is 6.14. The minimum absolute atomic E-state index is 0.211. The number of anilines is 1. The number of nitrogens with zero attached hydrogens (tertiary/aromatic N) is 4. The molecule has 0 aliphatic carbocycles. The maximum absolute atomic E-state index is 12.3. The second kappa shape index (κ2) is 8.51. The van der Waals surface area contributed by atoms with Gasteiger partial charge >= 0.3 is 5.97 Å². The van der Waals surface area contributed by atoms with Gasteiger partial charge in [0, 0.05) is 25.0 Å². The second-order valence-corrected chi connectivity index (χ2v) is 8.46. The van der Waals surface area contributed by atoms with Crippen molar-refractivity contribution in [3.63, 3.8) is 0 Å². The molecule has 0 saturated carbocycles. The van der Waals surface area contributed by atoms with Gasteiger partial charge in [0.1, 0.15) is 11.2 Å². The number of aryl methyl sites for hydroxylation is 2. The lowest BCUT2D eigenvalue weighted by molar-refractivity contribution is -0.157. The van der Waals surface area contributed by atoms with Gasteiger partial charge in [0.15, 0.2) is 0 Å². The zero-order valence-electron chi connectivity index (χ0n) is 17.9. The molecule has 162 valence electrons. The lowest BCUT2D eigenvalue weighted by Crippen LogP contribution is -2.57. The lowest BCUT2D eigenvalue weighted by atomic mass is 9.73. The second-order valence-electron chi connectivity index (χ2n) is 8.46. The first kappa shape index (κ1) is 21.1. The van der Waals surface area contributed by atoms with Crippen molar-refractivity contribution in [3.8, 4) is 0 Å². The molecule has 3 heterocycles. The van der Waals surface area contributed by atoms with E-state index in [0.717, 1.165) is 28.3 Å². The summed E-state index contributed by atoms with van der Waals surface area (Å²) in [5.74, 6) is -0.252. The van der Waals surface area contributed by atoms with E-state index in [0.29, 0.717) is 19.5 Å². The lowest BCUT2D eigenvalue weighted by Gasteiger charge is -2.44. The topological polar surface area (TPSA) is 91.5 Å². The van der Waals surface area contributed by atoms with E-state index in [9.17, 15) is 15.0 Å². The van der Waals surface area contributed by atoms with Crippen molar-refractivity contribution in [1.29, 1.82) is 0 Å². The van der Waals surface area contributed by atoms with Crippen LogP contribution in [-0.4, -0.2) is 50.1 Å². The van der Waals surface area contributed by atoms with Gasteiger partial charge < -0.3 is 15.1 Å². The van der Waals surface area contributed by atoms with Crippen LogP contribution in [0.3, 0.4) is 0 Å². The number of carbonyl (C=O) groups is 1. The number of piperidine rings is 1. The first-order valence-electron chi connectivity index (χ1n) is 10.5. The molecule has 1 aliphatic rings. The summed E-state index contributed by atoms with van der Waals surface area (Å²) in [6, 6.07) is 15.5. The molecule has 7 nitrogen and oxygen atoms in total. The fourth-order valence-electron chi connectivity index (χ4n) is 4.40. The van der Waals surface area contributed by atoms with E-state index in [-0.39, 0.29) is 13.0 Å². The van der Waals surface area contributed by atoms with Crippen LogP contribution in [0, 0.1) is 19.3 Å². The molecule has 4 rings (SSSR count). The summed E-state index contributed by atoms with van der Waals surface area (Å²) in [5, 5.41) is 25.3. The van der Waals surface area contributed by atoms with E-state index in [2.05, 4.69) is 10.1 Å². The van der Waals surface area contributed by atoms with Gasteiger partial charge in [-0.25, -0.2) is 4.98 Å². The summed E-state index contributed by atoms with van der Waals surface area (Å²) in [7, 11) is 0. The van der Waals surface area contributed by atoms with E-state index in [1.54, 1.807) is 0 Å². The molecule has 0 spiro atoms. The molecule has 1 aromatic carbocycles. The number of aromatic nitrogens is 3. The van der Waals surface area contributed by atoms with Gasteiger partial charge in [0.05, 0.1) is 18.3 Å². The van der Waals surface area contributed by atoms with Crippen molar-refractivity contribution in [2.45, 2.75) is 39.3 Å². The van der Waals surface area contributed by atoms with Gasteiger partial charge in [-0.05, 0) is 49.9 Å². The SMILES string of the molecule is Cc1cc(C)n(Cc2ccc(N3CC[C@@H](O)[C@@](Cc4ccccc4)(C(=O)O)C3)nc2)n1. The number of rotatable bonds is 6. The normalized spacial score (nSPS) is 21.3. The molecule has 31 heavy (non-hydrogen) atoms. The first-order valence-corrected chi connectivity index (χ1v) is 10.5. The van der Waals surface area contributed by atoms with Crippen molar-refractivity contribution in [3.05, 3.63) is 77.2 Å². The highest BCUT2D eigenvalue weighted by molar-refractivity contribution is 5.77. The number of benzene rings is 1. The van der Waals surface area contributed by atoms with Crippen LogP contribution in [0.4, 0.5) is 5.82 Å². The molecular weight excluding hydrogens is 392 g/mol. The molecule has 0 radical (unpaired) electrons. The highest BCUT2D eigenvalue weighted by Crippen LogP contribution is 2.36. The maximum Gasteiger partial charge on any atom is 0.314 e. The molecule has 2 N–H and O–H groups in total. The molecule has 3 aromatic rings. The standard InChI is InChI=1S/C24H28N4O3/c1-17-12-18(2)28(26-17)15-20-8-9-22(25-14-20)27-11-10-21(29)24(16-27,23(30)31)13-19-6-4-3-5-7-19/h3-9,12,14,21,29H,10-11,13,15-16H2,1-2H3,(H,30,31)/t21-,24+/m1/s1. The van der Waals surface area contributed by atoms with Gasteiger partial charge in [-0.1, -0.05) is 36.4 Å². The fourth-order valence-corrected chi connectivity index (χ4v) is 4.40. The molecule has 2 atom stereocenters. The Labute approximate surface area is 182 Å². The minimum atomic E-state index is -1.27. The van der Waals surface area contributed by atoms with Crippen LogP contribution in [-0.2, 0) is 17.8 Å². The Morgan fingerprint density at radius 1 is 1.16 bits per heavy atom. The Morgan fingerprint density at radius 2 is 1.94 bits per heavy atom. The van der Waals surface area contributed by atoms with Gasteiger partial charge in [-0.2, -0.15) is 5.10 Å². The van der Waals surface area contributed by atoms with Crippen LogP contribution in [0.1, 0.15) is 28.9 Å². The van der Waals surface area contributed by atoms with E-state index in [4.69, 9.17) is 0 Å². The molecule has 0 amide bonds. The van der Waals surface area contributed by atoms with Crippen molar-refractivity contribution in [1.82, 2.24) is 14.8 Å². The zero-order valence-corrected chi connectivity index (χ0v) is 17.9. The van der Waals surface area contributed by atoms with E-state index in [1.165, 1.54) is 0 Å². The molecule has 7 heteroatoms. The molecule has 0 bridgehead atoms. The highest BCUT2D eigenvalue weighted by Gasteiger charge is 2.49. The largest absolute Gasteiger partial charge is 0.481 e. The Morgan fingerprint density at radius 3 is 2.55 bits per heavy atom. The average molecular weight is 421 g/mol. The zero-order chi connectivity index (χ0) is 22.0. The van der Waals surface area contributed by atoms with Gasteiger partial charge in [-0.3, -0.25) is 9.48 Å². The summed E-state index contributed by atoms with van der Waals surface area (Å²) in [5.41, 5.74) is 2.74. The predicted octanol–water partition coefficient (Wildman–Crippen LogP) is 2.83. The molecule has 1 fully saturated rings. The number of pyridine rings is 1. The third kappa shape index (κ3) is 4.32. The van der Waals surface area contributed by atoms with Crippen LogP contribution in [0.2, 0.25) is 0 Å². The number of aliphatic carboxylic acids is 1. The van der Waals surface area contributed by atoms with E-state index in [1.807, 2.05) is 78.2 Å². The number of carboxylic acids is 1. The minimum Gasteiger partial charge on any atom is -0.481 e. The number of aliphatic hydroxyl groups excluding tert-OH is 1. The molecule has 1 aliphatic heterocycles. The van der Waals surface area contributed by atoms with E-state index < -0.39 is 17.5 Å². The van der Waals surface area contributed by atoms with Gasteiger partial charge in [0.2, 0.25) is 0 Å². The molecule has 0 unspecified atom stereocenters. The van der Waals surface area contributed by atoms with Crippen LogP contribution in [0.5, 0.6) is 0 Å². The summed E-state index contributed by atoms with van der Waals surface area (Å²) < 4.78 is 1.94. The van der Waals surface area contributed by atoms with Crippen molar-refractivity contribution in [2.75, 3.05) is 18.0 Å². The van der Waals surface area contributed by atoms with Crippen LogP contribution in [0.25, 0.3) is 0 Å². The smallest absolute Gasteiger partial charge is 0.314 e.